The predicted octanol–water partition coefficient (Wildman–Crippen LogP) is 1.71. The highest BCUT2D eigenvalue weighted by atomic mass is 31.0. The predicted molar refractivity (Wildman–Crippen MR) is 47.7 cm³/mol. The first kappa shape index (κ1) is 7.68. The Morgan fingerprint density at radius 3 is 2.60 bits per heavy atom. The number of hydrogen-bond acceptors (Lipinski definition) is 1. The van der Waals surface area contributed by atoms with Crippen molar-refractivity contribution in [1.82, 2.24) is 4.98 Å². The highest BCUT2D eigenvalue weighted by Crippen LogP contribution is 2.11. The molecule has 1 heterocycles. The Morgan fingerprint density at radius 1 is 1.50 bits per heavy atom. The van der Waals surface area contributed by atoms with E-state index in [0.717, 1.165) is 0 Å². The van der Waals surface area contributed by atoms with Crippen LogP contribution < -0.4 is 5.30 Å². The SMILES string of the molecule is CC(C)c1ccncc1P. The van der Waals surface area contributed by atoms with Crippen LogP contribution in [0.5, 0.6) is 0 Å². The van der Waals surface area contributed by atoms with Crippen molar-refractivity contribution in [3.8, 4) is 0 Å². The molecule has 1 nitrogen and oxygen atoms in total. The van der Waals surface area contributed by atoms with E-state index < -0.39 is 0 Å². The molecule has 2 heteroatoms. The summed E-state index contributed by atoms with van der Waals surface area (Å²) in [5.74, 6) is 0.593. The monoisotopic (exact) mass is 153 g/mol. The molecule has 1 aromatic rings. The van der Waals surface area contributed by atoms with Crippen LogP contribution in [-0.4, -0.2) is 4.98 Å². The molecule has 54 valence electrons. The molecule has 1 atom stereocenters. The van der Waals surface area contributed by atoms with Gasteiger partial charge in [-0.2, -0.15) is 0 Å². The van der Waals surface area contributed by atoms with Gasteiger partial charge in [-0.15, -0.1) is 9.24 Å². The minimum atomic E-state index is 0.593. The maximum Gasteiger partial charge on any atom is 0.0342 e. The quantitative estimate of drug-likeness (QED) is 0.559. The molecule has 0 radical (unpaired) electrons. The van der Waals surface area contributed by atoms with Gasteiger partial charge in [-0.05, 0) is 22.9 Å². The van der Waals surface area contributed by atoms with Gasteiger partial charge in [0.2, 0.25) is 0 Å². The molecule has 0 aliphatic carbocycles. The lowest BCUT2D eigenvalue weighted by molar-refractivity contribution is 0.871. The van der Waals surface area contributed by atoms with Crippen LogP contribution in [0.15, 0.2) is 18.5 Å². The molecular weight excluding hydrogens is 141 g/mol. The van der Waals surface area contributed by atoms with Crippen LogP contribution in [-0.2, 0) is 0 Å². The van der Waals surface area contributed by atoms with Gasteiger partial charge in [0.05, 0.1) is 0 Å². The van der Waals surface area contributed by atoms with Crippen molar-refractivity contribution in [1.29, 1.82) is 0 Å². The van der Waals surface area contributed by atoms with E-state index in [1.54, 1.807) is 0 Å². The van der Waals surface area contributed by atoms with Crippen molar-refractivity contribution in [2.45, 2.75) is 19.8 Å². The molecule has 0 saturated heterocycles. The van der Waals surface area contributed by atoms with Gasteiger partial charge in [-0.25, -0.2) is 0 Å². The second-order valence-corrected chi connectivity index (χ2v) is 3.28. The summed E-state index contributed by atoms with van der Waals surface area (Å²) >= 11 is 0. The second kappa shape index (κ2) is 3.12. The fraction of sp³-hybridized carbons (Fsp3) is 0.375. The van der Waals surface area contributed by atoms with Gasteiger partial charge in [0.15, 0.2) is 0 Å². The number of aromatic nitrogens is 1. The molecule has 1 rings (SSSR count). The van der Waals surface area contributed by atoms with E-state index in [9.17, 15) is 0 Å². The zero-order valence-corrected chi connectivity index (χ0v) is 7.49. The van der Waals surface area contributed by atoms with Crippen molar-refractivity contribution in [2.24, 2.45) is 0 Å². The largest absolute Gasteiger partial charge is 0.264 e. The Bertz CT molecular complexity index is 220. The fourth-order valence-corrected chi connectivity index (χ4v) is 1.46. The van der Waals surface area contributed by atoms with Crippen LogP contribution in [0.3, 0.4) is 0 Å². The zero-order chi connectivity index (χ0) is 7.56. The lowest BCUT2D eigenvalue weighted by Gasteiger charge is -2.06. The molecule has 0 amide bonds. The molecule has 0 aliphatic rings. The van der Waals surface area contributed by atoms with Crippen LogP contribution in [0.1, 0.15) is 25.3 Å². The Hall–Kier alpha value is -0.420. The summed E-state index contributed by atoms with van der Waals surface area (Å²) < 4.78 is 0. The molecule has 0 aliphatic heterocycles. The van der Waals surface area contributed by atoms with E-state index in [1.165, 1.54) is 10.9 Å². The van der Waals surface area contributed by atoms with Gasteiger partial charge in [0.1, 0.15) is 0 Å². The summed E-state index contributed by atoms with van der Waals surface area (Å²) in [6.45, 7) is 4.37. The molecule has 0 fully saturated rings. The van der Waals surface area contributed by atoms with Crippen LogP contribution in [0.25, 0.3) is 0 Å². The summed E-state index contributed by atoms with van der Waals surface area (Å²) in [4.78, 5) is 4.01. The highest BCUT2D eigenvalue weighted by Gasteiger charge is 2.00. The lowest BCUT2D eigenvalue weighted by atomic mass is 10.1. The third kappa shape index (κ3) is 1.54. The van der Waals surface area contributed by atoms with Crippen molar-refractivity contribution >= 4 is 14.5 Å². The Labute approximate surface area is 64.1 Å². The van der Waals surface area contributed by atoms with Gasteiger partial charge in [-0.3, -0.25) is 4.98 Å². The fourth-order valence-electron chi connectivity index (χ4n) is 0.943. The smallest absolute Gasteiger partial charge is 0.0342 e. The Balaban J connectivity index is 3.03. The van der Waals surface area contributed by atoms with Gasteiger partial charge in [-0.1, -0.05) is 13.8 Å². The maximum atomic E-state index is 4.01. The molecule has 0 bridgehead atoms. The third-order valence-corrected chi connectivity index (χ3v) is 1.99. The van der Waals surface area contributed by atoms with Crippen molar-refractivity contribution in [3.05, 3.63) is 24.0 Å². The summed E-state index contributed by atoms with van der Waals surface area (Å²) in [5, 5.41) is 1.21. The first-order valence-corrected chi connectivity index (χ1v) is 3.99. The van der Waals surface area contributed by atoms with E-state index in [-0.39, 0.29) is 0 Å². The van der Waals surface area contributed by atoms with Crippen LogP contribution in [0, 0.1) is 0 Å². The molecule has 0 spiro atoms. The Morgan fingerprint density at radius 2 is 2.20 bits per heavy atom. The third-order valence-electron chi connectivity index (χ3n) is 1.51. The zero-order valence-electron chi connectivity index (χ0n) is 6.33. The van der Waals surface area contributed by atoms with E-state index in [1.807, 2.05) is 12.4 Å². The molecule has 0 saturated carbocycles. The first-order valence-electron chi connectivity index (χ1n) is 3.41. The second-order valence-electron chi connectivity index (χ2n) is 2.66. The molecule has 0 aromatic carbocycles. The van der Waals surface area contributed by atoms with Crippen LogP contribution in [0.2, 0.25) is 0 Å². The molecule has 0 N–H and O–H groups in total. The van der Waals surface area contributed by atoms with E-state index in [4.69, 9.17) is 0 Å². The first-order chi connectivity index (χ1) is 4.72. The topological polar surface area (TPSA) is 12.9 Å². The Kier molecular flexibility index (Phi) is 2.39. The van der Waals surface area contributed by atoms with Gasteiger partial charge < -0.3 is 0 Å². The van der Waals surface area contributed by atoms with Crippen molar-refractivity contribution < 1.29 is 0 Å². The van der Waals surface area contributed by atoms with E-state index in [2.05, 4.69) is 34.1 Å². The van der Waals surface area contributed by atoms with Gasteiger partial charge in [0, 0.05) is 12.4 Å². The standard InChI is InChI=1S/C8H12NP/c1-6(2)7-3-4-9-5-8(7)10/h3-6H,10H2,1-2H3. The average Bonchev–Trinajstić information content (AvgIpc) is 1.88. The molecule has 10 heavy (non-hydrogen) atoms. The number of hydrogen-bond donors (Lipinski definition) is 0. The minimum absolute atomic E-state index is 0.593. The van der Waals surface area contributed by atoms with Gasteiger partial charge in [0.25, 0.3) is 0 Å². The average molecular weight is 153 g/mol. The summed E-state index contributed by atoms with van der Waals surface area (Å²) in [5.41, 5.74) is 1.36. The molecular formula is C8H12NP. The van der Waals surface area contributed by atoms with E-state index in [0.29, 0.717) is 5.92 Å². The number of nitrogens with zero attached hydrogens (tertiary/aromatic N) is 1. The number of pyridine rings is 1. The van der Waals surface area contributed by atoms with Crippen LogP contribution >= 0.6 is 9.24 Å². The highest BCUT2D eigenvalue weighted by molar-refractivity contribution is 7.27. The van der Waals surface area contributed by atoms with E-state index >= 15 is 0 Å². The summed E-state index contributed by atoms with van der Waals surface area (Å²) in [6.07, 6.45) is 3.71. The maximum absolute atomic E-state index is 4.01. The molecule has 1 unspecified atom stereocenters. The van der Waals surface area contributed by atoms with Crippen molar-refractivity contribution in [3.63, 3.8) is 0 Å². The summed E-state index contributed by atoms with van der Waals surface area (Å²) in [6, 6.07) is 2.06. The number of rotatable bonds is 1. The normalized spacial score (nSPS) is 10.4. The van der Waals surface area contributed by atoms with Crippen LogP contribution in [0.4, 0.5) is 0 Å². The molecule has 1 aromatic heterocycles. The van der Waals surface area contributed by atoms with Gasteiger partial charge >= 0.3 is 0 Å². The lowest BCUT2D eigenvalue weighted by Crippen LogP contribution is -2.03. The van der Waals surface area contributed by atoms with Crippen molar-refractivity contribution in [2.75, 3.05) is 0 Å². The summed E-state index contributed by atoms with van der Waals surface area (Å²) in [7, 11) is 2.69. The minimum Gasteiger partial charge on any atom is -0.264 e.